The van der Waals surface area contributed by atoms with Crippen LogP contribution in [0.3, 0.4) is 0 Å². The van der Waals surface area contributed by atoms with Crippen LogP contribution in [0.4, 0.5) is 5.82 Å². The van der Waals surface area contributed by atoms with Crippen molar-refractivity contribution in [1.82, 2.24) is 9.55 Å². The van der Waals surface area contributed by atoms with Crippen molar-refractivity contribution in [1.29, 1.82) is 0 Å². The summed E-state index contributed by atoms with van der Waals surface area (Å²) < 4.78 is 36.8. The molecule has 288 valence electrons. The van der Waals surface area contributed by atoms with Crippen molar-refractivity contribution in [2.75, 3.05) is 39.9 Å². The highest BCUT2D eigenvalue weighted by Gasteiger charge is 2.47. The zero-order valence-corrected chi connectivity index (χ0v) is 31.8. The van der Waals surface area contributed by atoms with Gasteiger partial charge in [0.15, 0.2) is 12.8 Å². The van der Waals surface area contributed by atoms with Gasteiger partial charge in [0, 0.05) is 13.3 Å². The third-order valence-corrected chi connectivity index (χ3v) is 9.68. The van der Waals surface area contributed by atoms with Crippen LogP contribution in [-0.4, -0.2) is 73.4 Å². The van der Waals surface area contributed by atoms with E-state index in [1.165, 1.54) is 19.4 Å². The number of rotatable bonds is 14. The van der Waals surface area contributed by atoms with Gasteiger partial charge in [-0.1, -0.05) is 87.5 Å². The molecule has 4 unspecified atom stereocenters. The van der Waals surface area contributed by atoms with Gasteiger partial charge < -0.3 is 38.8 Å². The minimum absolute atomic E-state index is 0.00942. The monoisotopic (exact) mass is 749 g/mol. The lowest BCUT2D eigenvalue weighted by molar-refractivity contribution is -0.118. The van der Waals surface area contributed by atoms with Crippen LogP contribution in [0.15, 0.2) is 120 Å². The van der Waals surface area contributed by atoms with E-state index in [0.29, 0.717) is 17.2 Å². The fourth-order valence-electron chi connectivity index (χ4n) is 6.71. The molecule has 1 aliphatic rings. The van der Waals surface area contributed by atoms with E-state index in [0.717, 1.165) is 26.8 Å². The number of anilines is 1. The fourth-order valence-corrected chi connectivity index (χ4v) is 6.71. The van der Waals surface area contributed by atoms with Crippen LogP contribution in [0.1, 0.15) is 49.3 Å². The molecule has 12 heteroatoms. The summed E-state index contributed by atoms with van der Waals surface area (Å²) in [6.07, 6.45) is -2.69. The smallest absolute Gasteiger partial charge is 0.351 e. The van der Waals surface area contributed by atoms with Crippen LogP contribution in [-0.2, 0) is 30.0 Å². The van der Waals surface area contributed by atoms with Gasteiger partial charge in [-0.2, -0.15) is 4.98 Å². The molecule has 0 spiro atoms. The van der Waals surface area contributed by atoms with Gasteiger partial charge in [-0.3, -0.25) is 9.36 Å². The Bertz CT molecular complexity index is 2030. The van der Waals surface area contributed by atoms with E-state index in [9.17, 15) is 14.7 Å². The second-order valence-corrected chi connectivity index (χ2v) is 14.2. The Balaban J connectivity index is 1.21. The predicted molar refractivity (Wildman–Crippen MR) is 207 cm³/mol. The lowest BCUT2D eigenvalue weighted by atomic mass is 9.80. The topological polar surface area (TPSA) is 140 Å². The number of nitrogens with zero attached hydrogens (tertiary/aromatic N) is 2. The number of benzene rings is 4. The lowest BCUT2D eigenvalue weighted by Gasteiger charge is -2.37. The Morgan fingerprint density at radius 1 is 0.782 bits per heavy atom. The molecular formula is C43H47N3O9. The lowest BCUT2D eigenvalue weighted by Crippen LogP contribution is -2.40. The average molecular weight is 750 g/mol. The Labute approximate surface area is 320 Å². The maximum absolute atomic E-state index is 13.3. The summed E-state index contributed by atoms with van der Waals surface area (Å²) >= 11 is 0. The zero-order chi connectivity index (χ0) is 39.2. The summed E-state index contributed by atoms with van der Waals surface area (Å²) in [4.78, 5) is 30.0. The number of nitrogens with one attached hydrogen (secondary N) is 1. The van der Waals surface area contributed by atoms with Crippen LogP contribution < -0.4 is 25.2 Å². The number of amides is 1. The molecule has 4 aromatic carbocycles. The van der Waals surface area contributed by atoms with Gasteiger partial charge in [-0.15, -0.1) is 0 Å². The number of carbonyl (C=O) groups excluding carboxylic acids is 1. The highest BCUT2D eigenvalue weighted by atomic mass is 16.6. The summed E-state index contributed by atoms with van der Waals surface area (Å²) in [5.74, 6) is 1.45. The molecule has 0 radical (unpaired) electrons. The molecule has 4 atom stereocenters. The quantitative estimate of drug-likeness (QED) is 0.133. The van der Waals surface area contributed by atoms with E-state index >= 15 is 0 Å². The van der Waals surface area contributed by atoms with Gasteiger partial charge in [0.05, 0.1) is 20.8 Å². The first kappa shape index (κ1) is 39.2. The van der Waals surface area contributed by atoms with Gasteiger partial charge in [0.2, 0.25) is 0 Å². The van der Waals surface area contributed by atoms with E-state index in [4.69, 9.17) is 28.4 Å². The number of carbonyl (C=O) groups is 1. The normalized spacial score (nSPS) is 18.5. The first-order valence-corrected chi connectivity index (χ1v) is 17.9. The molecule has 2 N–H and O–H groups in total. The molecule has 1 saturated heterocycles. The minimum atomic E-state index is -1.26. The summed E-state index contributed by atoms with van der Waals surface area (Å²) in [5, 5.41) is 14.0. The summed E-state index contributed by atoms with van der Waals surface area (Å²) in [5.41, 5.74) is 1.71. The van der Waals surface area contributed by atoms with E-state index in [1.807, 2.05) is 103 Å². The van der Waals surface area contributed by atoms with Crippen LogP contribution in [0.2, 0.25) is 0 Å². The van der Waals surface area contributed by atoms with Crippen molar-refractivity contribution >= 4 is 11.7 Å². The number of ether oxygens (including phenoxy) is 6. The third-order valence-electron chi connectivity index (χ3n) is 9.68. The molecule has 2 heterocycles. The van der Waals surface area contributed by atoms with Crippen molar-refractivity contribution in [2.24, 2.45) is 0 Å². The highest BCUT2D eigenvalue weighted by molar-refractivity contribution is 5.90. The van der Waals surface area contributed by atoms with Crippen molar-refractivity contribution in [2.45, 2.75) is 56.3 Å². The van der Waals surface area contributed by atoms with Crippen molar-refractivity contribution in [3.63, 3.8) is 0 Å². The second-order valence-electron chi connectivity index (χ2n) is 14.2. The Morgan fingerprint density at radius 3 is 1.85 bits per heavy atom. The van der Waals surface area contributed by atoms with E-state index < -0.39 is 41.7 Å². The fraction of sp³-hybridized carbons (Fsp3) is 0.326. The Hall–Kier alpha value is -5.53. The number of methoxy groups -OCH3 is 3. The summed E-state index contributed by atoms with van der Waals surface area (Å²) in [7, 11) is 4.68. The van der Waals surface area contributed by atoms with Crippen LogP contribution >= 0.6 is 0 Å². The van der Waals surface area contributed by atoms with Crippen LogP contribution in [0.25, 0.3) is 0 Å². The summed E-state index contributed by atoms with van der Waals surface area (Å²) in [6.45, 7) is 6.02. The van der Waals surface area contributed by atoms with Crippen LogP contribution in [0.5, 0.6) is 17.2 Å². The molecule has 1 aromatic heterocycles. The molecule has 5 aromatic rings. The Morgan fingerprint density at radius 2 is 1.33 bits per heavy atom. The van der Waals surface area contributed by atoms with Crippen molar-refractivity contribution in [3.05, 3.63) is 148 Å². The highest BCUT2D eigenvalue weighted by Crippen LogP contribution is 2.43. The predicted octanol–water partition coefficient (Wildman–Crippen LogP) is 5.86. The largest absolute Gasteiger partial charge is 0.497 e. The van der Waals surface area contributed by atoms with E-state index in [1.54, 1.807) is 14.2 Å². The first-order valence-electron chi connectivity index (χ1n) is 17.9. The molecule has 1 aliphatic heterocycles. The van der Waals surface area contributed by atoms with Crippen molar-refractivity contribution in [3.8, 4) is 17.2 Å². The molecule has 0 saturated carbocycles. The average Bonchev–Trinajstić information content (AvgIpc) is 3.52. The van der Waals surface area contributed by atoms with Gasteiger partial charge >= 0.3 is 5.69 Å². The van der Waals surface area contributed by atoms with Crippen molar-refractivity contribution < 1.29 is 38.3 Å². The van der Waals surface area contributed by atoms with Gasteiger partial charge in [-0.25, -0.2) is 4.79 Å². The van der Waals surface area contributed by atoms with Gasteiger partial charge in [-0.05, 0) is 70.1 Å². The minimum Gasteiger partial charge on any atom is -0.497 e. The molecule has 12 nitrogen and oxygen atoms in total. The molecule has 6 rings (SSSR count). The number of aliphatic hydroxyl groups is 1. The molecular weight excluding hydrogens is 702 g/mol. The maximum Gasteiger partial charge on any atom is 0.351 e. The van der Waals surface area contributed by atoms with Crippen LogP contribution in [0, 0.1) is 0 Å². The second kappa shape index (κ2) is 16.9. The number of aliphatic hydroxyl groups excluding tert-OH is 1. The van der Waals surface area contributed by atoms with E-state index in [-0.39, 0.29) is 24.4 Å². The first-order chi connectivity index (χ1) is 26.5. The Kier molecular flexibility index (Phi) is 12.0. The molecule has 0 bridgehead atoms. The SMILES string of the molecule is COc1ccc(C(OCC2OC(n3ccc(NC(=O)COc4ccc(C(C)(C)C)cc4)nc3=O)C(O)C2OC)(c2ccccc2)c2ccc(OC)cc2)cc1. The van der Waals surface area contributed by atoms with E-state index in [2.05, 4.69) is 31.1 Å². The molecule has 1 fully saturated rings. The van der Waals surface area contributed by atoms with Gasteiger partial charge in [0.1, 0.15) is 47.0 Å². The third kappa shape index (κ3) is 8.58. The number of hydrogen-bond donors (Lipinski definition) is 2. The molecule has 55 heavy (non-hydrogen) atoms. The maximum atomic E-state index is 13.3. The standard InChI is InChI=1S/C43H47N3O9/c1-42(2,3)28-12-22-34(23-13-28)53-27-37(47)44-36-24-25-46(41(49)45-36)40-38(48)39(52-6)35(55-40)26-54-43(29-10-8-7-9-11-29,30-14-18-32(50-4)19-15-30)31-16-20-33(51-5)21-17-31/h7-25,35,38-40,48H,26-27H2,1-6H3,(H,44,45,47,49). The van der Waals surface area contributed by atoms with Gasteiger partial charge in [0.25, 0.3) is 5.91 Å². The number of hydrogen-bond acceptors (Lipinski definition) is 10. The zero-order valence-electron chi connectivity index (χ0n) is 31.8. The molecule has 0 aliphatic carbocycles. The number of aromatic nitrogens is 2. The molecule has 1 amide bonds. The summed E-state index contributed by atoms with van der Waals surface area (Å²) in [6, 6.07) is 34.0.